The summed E-state index contributed by atoms with van der Waals surface area (Å²) in [4.78, 5) is 37.2. The molecule has 3 heterocycles. The van der Waals surface area contributed by atoms with Gasteiger partial charge in [-0.1, -0.05) is 11.6 Å². The van der Waals surface area contributed by atoms with Crippen LogP contribution in [0.2, 0.25) is 5.15 Å². The molecule has 0 aliphatic carbocycles. The molecule has 1 aliphatic rings. The number of nitrogens with one attached hydrogen (secondary N) is 1. The Balaban J connectivity index is 1.95. The molecular formula is C18H23ClN4O4. The van der Waals surface area contributed by atoms with Crippen LogP contribution in [0.5, 0.6) is 0 Å². The SMILES string of the molecule is CC(=O)OCC1CCC(c2c[nH]c3c(Cl)ncnc23)N1C(=O)OC(C)(C)C. The van der Waals surface area contributed by atoms with Crippen molar-refractivity contribution in [3.8, 4) is 0 Å². The minimum Gasteiger partial charge on any atom is -0.464 e. The molecule has 9 heteroatoms. The molecule has 0 saturated carbocycles. The van der Waals surface area contributed by atoms with Crippen molar-refractivity contribution in [1.29, 1.82) is 0 Å². The Kier molecular flexibility index (Phi) is 5.28. The smallest absolute Gasteiger partial charge is 0.411 e. The number of ether oxygens (including phenoxy) is 2. The maximum Gasteiger partial charge on any atom is 0.411 e. The molecule has 2 unspecified atom stereocenters. The van der Waals surface area contributed by atoms with Crippen molar-refractivity contribution < 1.29 is 19.1 Å². The first-order valence-electron chi connectivity index (χ1n) is 8.79. The largest absolute Gasteiger partial charge is 0.464 e. The average molecular weight is 395 g/mol. The van der Waals surface area contributed by atoms with E-state index in [9.17, 15) is 9.59 Å². The lowest BCUT2D eigenvalue weighted by molar-refractivity contribution is -0.142. The number of hydrogen-bond acceptors (Lipinski definition) is 6. The predicted molar refractivity (Wildman–Crippen MR) is 99.4 cm³/mol. The fraction of sp³-hybridized carbons (Fsp3) is 0.556. The van der Waals surface area contributed by atoms with Gasteiger partial charge in [-0.2, -0.15) is 0 Å². The monoisotopic (exact) mass is 394 g/mol. The van der Waals surface area contributed by atoms with Gasteiger partial charge in [0.2, 0.25) is 0 Å². The number of likely N-dealkylation sites (tertiary alicyclic amines) is 1. The van der Waals surface area contributed by atoms with Crippen molar-refractivity contribution in [2.75, 3.05) is 6.61 Å². The molecule has 0 aromatic carbocycles. The second-order valence-electron chi connectivity index (χ2n) is 7.57. The number of fused-ring (bicyclic) bond motifs is 1. The first-order chi connectivity index (χ1) is 12.7. The van der Waals surface area contributed by atoms with E-state index in [1.807, 2.05) is 20.8 Å². The van der Waals surface area contributed by atoms with E-state index in [0.29, 0.717) is 29.0 Å². The topological polar surface area (TPSA) is 97.4 Å². The molecule has 146 valence electrons. The fourth-order valence-corrected chi connectivity index (χ4v) is 3.53. The highest BCUT2D eigenvalue weighted by Crippen LogP contribution is 2.40. The van der Waals surface area contributed by atoms with Crippen LogP contribution in [-0.2, 0) is 14.3 Å². The minimum absolute atomic E-state index is 0.128. The quantitative estimate of drug-likeness (QED) is 0.630. The Morgan fingerprint density at radius 2 is 2.07 bits per heavy atom. The van der Waals surface area contributed by atoms with E-state index < -0.39 is 11.7 Å². The summed E-state index contributed by atoms with van der Waals surface area (Å²) in [6, 6.07) is -0.531. The van der Waals surface area contributed by atoms with E-state index >= 15 is 0 Å². The highest BCUT2D eigenvalue weighted by molar-refractivity contribution is 6.33. The number of halogens is 1. The third-order valence-corrected chi connectivity index (χ3v) is 4.68. The van der Waals surface area contributed by atoms with Gasteiger partial charge in [0.05, 0.1) is 17.6 Å². The molecule has 2 aromatic rings. The van der Waals surface area contributed by atoms with E-state index in [4.69, 9.17) is 21.1 Å². The zero-order chi connectivity index (χ0) is 19.8. The molecule has 1 aliphatic heterocycles. The van der Waals surface area contributed by atoms with Gasteiger partial charge in [0.1, 0.15) is 24.1 Å². The normalized spacial score (nSPS) is 20.1. The van der Waals surface area contributed by atoms with Crippen LogP contribution < -0.4 is 0 Å². The third-order valence-electron chi connectivity index (χ3n) is 4.39. The van der Waals surface area contributed by atoms with E-state index in [1.54, 1.807) is 11.1 Å². The number of nitrogens with zero attached hydrogens (tertiary/aromatic N) is 3. The minimum atomic E-state index is -0.637. The first kappa shape index (κ1) is 19.4. The zero-order valence-corrected chi connectivity index (χ0v) is 16.5. The first-order valence-corrected chi connectivity index (χ1v) is 9.17. The molecule has 1 fully saturated rings. The number of esters is 1. The van der Waals surface area contributed by atoms with Crippen LogP contribution in [-0.4, -0.2) is 50.2 Å². The number of hydrogen-bond donors (Lipinski definition) is 1. The van der Waals surface area contributed by atoms with E-state index in [2.05, 4.69) is 15.0 Å². The summed E-state index contributed by atoms with van der Waals surface area (Å²) in [6.07, 6.45) is 4.12. The maximum atomic E-state index is 12.9. The van der Waals surface area contributed by atoms with Gasteiger partial charge in [-0.15, -0.1) is 0 Å². The number of aromatic nitrogens is 3. The van der Waals surface area contributed by atoms with Gasteiger partial charge in [0.25, 0.3) is 0 Å². The number of H-pyrrole nitrogens is 1. The van der Waals surface area contributed by atoms with Crippen LogP contribution in [0.4, 0.5) is 4.79 Å². The molecule has 1 saturated heterocycles. The Labute approximate surface area is 162 Å². The average Bonchev–Trinajstić information content (AvgIpc) is 3.15. The fourth-order valence-electron chi connectivity index (χ4n) is 3.34. The van der Waals surface area contributed by atoms with Crippen LogP contribution >= 0.6 is 11.6 Å². The number of rotatable bonds is 3. The van der Waals surface area contributed by atoms with Gasteiger partial charge >= 0.3 is 12.1 Å². The van der Waals surface area contributed by atoms with E-state index in [0.717, 1.165) is 5.56 Å². The molecule has 3 rings (SSSR count). The summed E-state index contributed by atoms with van der Waals surface area (Å²) in [7, 11) is 0. The Bertz CT molecular complexity index is 861. The number of carbonyl (C=O) groups excluding carboxylic acids is 2. The number of amides is 1. The lowest BCUT2D eigenvalue weighted by Crippen LogP contribution is -2.43. The molecule has 0 bridgehead atoms. The standard InChI is InChI=1S/C18H23ClN4O4/c1-10(24)26-8-11-5-6-13(23(11)17(25)27-18(2,3)4)12-7-20-15-14(12)21-9-22-16(15)19/h7,9,11,13,20H,5-6,8H2,1-4H3. The van der Waals surface area contributed by atoms with E-state index in [1.165, 1.54) is 13.3 Å². The third kappa shape index (κ3) is 4.16. The second-order valence-corrected chi connectivity index (χ2v) is 7.93. The van der Waals surface area contributed by atoms with Crippen LogP contribution in [0, 0.1) is 0 Å². The molecule has 2 aromatic heterocycles. The summed E-state index contributed by atoms with van der Waals surface area (Å²) < 4.78 is 10.8. The summed E-state index contributed by atoms with van der Waals surface area (Å²) in [5, 5.41) is 0.324. The van der Waals surface area contributed by atoms with Gasteiger partial charge in [-0.3, -0.25) is 9.69 Å². The number of carbonyl (C=O) groups is 2. The summed E-state index contributed by atoms with van der Waals surface area (Å²) in [5.41, 5.74) is 1.50. The molecule has 0 radical (unpaired) electrons. The second kappa shape index (κ2) is 7.34. The Hall–Kier alpha value is -2.35. The molecule has 0 spiro atoms. The lowest BCUT2D eigenvalue weighted by Gasteiger charge is -2.32. The van der Waals surface area contributed by atoms with Crippen molar-refractivity contribution in [3.63, 3.8) is 0 Å². The van der Waals surface area contributed by atoms with Crippen LogP contribution in [0.15, 0.2) is 12.5 Å². The lowest BCUT2D eigenvalue weighted by atomic mass is 10.1. The Morgan fingerprint density at radius 3 is 2.74 bits per heavy atom. The molecule has 1 N–H and O–H groups in total. The molecule has 27 heavy (non-hydrogen) atoms. The Morgan fingerprint density at radius 1 is 1.33 bits per heavy atom. The van der Waals surface area contributed by atoms with Gasteiger partial charge in [-0.05, 0) is 33.6 Å². The maximum absolute atomic E-state index is 12.9. The van der Waals surface area contributed by atoms with Gasteiger partial charge < -0.3 is 14.5 Å². The summed E-state index contributed by atoms with van der Waals surface area (Å²) in [6.45, 7) is 6.92. The highest BCUT2D eigenvalue weighted by atomic mass is 35.5. The molecule has 2 atom stereocenters. The van der Waals surface area contributed by atoms with E-state index in [-0.39, 0.29) is 24.7 Å². The van der Waals surface area contributed by atoms with Gasteiger partial charge in [-0.25, -0.2) is 14.8 Å². The molecular weight excluding hydrogens is 372 g/mol. The number of aromatic amines is 1. The summed E-state index contributed by atoms with van der Waals surface area (Å²) in [5.74, 6) is -0.380. The zero-order valence-electron chi connectivity index (χ0n) is 15.8. The summed E-state index contributed by atoms with van der Waals surface area (Å²) >= 11 is 6.13. The van der Waals surface area contributed by atoms with Crippen LogP contribution in [0.3, 0.4) is 0 Å². The highest BCUT2D eigenvalue weighted by Gasteiger charge is 2.41. The molecule has 8 nitrogen and oxygen atoms in total. The van der Waals surface area contributed by atoms with Crippen molar-refractivity contribution >= 4 is 34.7 Å². The van der Waals surface area contributed by atoms with Gasteiger partial charge in [0, 0.05) is 18.7 Å². The van der Waals surface area contributed by atoms with Crippen molar-refractivity contribution in [3.05, 3.63) is 23.2 Å². The predicted octanol–water partition coefficient (Wildman–Crippen LogP) is 3.62. The van der Waals surface area contributed by atoms with Crippen molar-refractivity contribution in [2.24, 2.45) is 0 Å². The van der Waals surface area contributed by atoms with Crippen molar-refractivity contribution in [1.82, 2.24) is 19.9 Å². The molecule has 1 amide bonds. The van der Waals surface area contributed by atoms with Crippen molar-refractivity contribution in [2.45, 2.75) is 58.2 Å². The van der Waals surface area contributed by atoms with Gasteiger partial charge in [0.15, 0.2) is 5.15 Å². The van der Waals surface area contributed by atoms with Crippen LogP contribution in [0.1, 0.15) is 52.1 Å². The van der Waals surface area contributed by atoms with Crippen LogP contribution in [0.25, 0.3) is 11.0 Å².